The molecule has 0 aromatic heterocycles. The lowest BCUT2D eigenvalue weighted by atomic mass is 10.1. The minimum atomic E-state index is -5.32. The average molecular weight is 533 g/mol. The van der Waals surface area contributed by atoms with E-state index in [0.717, 1.165) is 0 Å². The number of halogens is 6. The summed E-state index contributed by atoms with van der Waals surface area (Å²) < 4.78 is 109. The Hall–Kier alpha value is -3.83. The van der Waals surface area contributed by atoms with E-state index in [1.54, 1.807) is 0 Å². The molecule has 0 aliphatic carbocycles. The third kappa shape index (κ3) is 6.40. The Morgan fingerprint density at radius 3 is 2.06 bits per heavy atom. The molecule has 0 radical (unpaired) electrons. The van der Waals surface area contributed by atoms with E-state index in [1.807, 2.05) is 0 Å². The van der Waals surface area contributed by atoms with Crippen molar-refractivity contribution in [1.29, 1.82) is 0 Å². The van der Waals surface area contributed by atoms with Crippen molar-refractivity contribution in [2.75, 3.05) is 23.7 Å². The number of non-ortho nitro benzene ring substituents is 1. The Morgan fingerprint density at radius 1 is 1.00 bits per heavy atom. The Morgan fingerprint density at radius 2 is 1.60 bits per heavy atom. The maximum absolute atomic E-state index is 13.5. The van der Waals surface area contributed by atoms with Gasteiger partial charge in [0.15, 0.2) is 5.75 Å². The van der Waals surface area contributed by atoms with Crippen LogP contribution in [0.25, 0.3) is 0 Å². The second-order valence-electron chi connectivity index (χ2n) is 6.74. The van der Waals surface area contributed by atoms with E-state index in [9.17, 15) is 60.1 Å². The van der Waals surface area contributed by atoms with Gasteiger partial charge in [-0.05, 0) is 18.2 Å². The highest BCUT2D eigenvalue weighted by atomic mass is 32.2. The molecule has 0 bridgehead atoms. The van der Waals surface area contributed by atoms with Gasteiger partial charge in [-0.3, -0.25) is 24.5 Å². The Balaban J connectivity index is 2.53. The van der Waals surface area contributed by atoms with Gasteiger partial charge in [0.2, 0.25) is 10.0 Å². The standard InChI is InChI=1S/C17H13F6N3O8S/c1-35(32,33)24(14-12(17(21,22)23)2-3-13(27)15(14)26(30)31)4-5-34-11-7-9(16(18,19)20)6-10(8-11)25(28)29/h2-3,6-8,27H,4-5H2,1H3. The quantitative estimate of drug-likeness (QED) is 0.303. The van der Waals surface area contributed by atoms with Gasteiger partial charge in [-0.25, -0.2) is 8.42 Å². The monoisotopic (exact) mass is 533 g/mol. The number of benzene rings is 2. The number of hydrogen-bond acceptors (Lipinski definition) is 8. The Labute approximate surface area is 191 Å². The predicted octanol–water partition coefficient (Wildman–Crippen LogP) is 4.09. The molecule has 11 nitrogen and oxygen atoms in total. The van der Waals surface area contributed by atoms with Crippen molar-refractivity contribution in [2.45, 2.75) is 12.4 Å². The van der Waals surface area contributed by atoms with E-state index in [2.05, 4.69) is 0 Å². The van der Waals surface area contributed by atoms with E-state index in [-0.39, 0.29) is 16.4 Å². The normalized spacial score (nSPS) is 12.3. The number of aromatic hydroxyl groups is 1. The smallest absolute Gasteiger partial charge is 0.418 e. The molecular formula is C17H13F6N3O8S. The lowest BCUT2D eigenvalue weighted by molar-refractivity contribution is -0.385. The minimum Gasteiger partial charge on any atom is -0.502 e. The van der Waals surface area contributed by atoms with Gasteiger partial charge < -0.3 is 9.84 Å². The molecule has 0 atom stereocenters. The molecule has 1 N–H and O–H groups in total. The predicted molar refractivity (Wildman–Crippen MR) is 106 cm³/mol. The van der Waals surface area contributed by atoms with Gasteiger partial charge in [-0.15, -0.1) is 0 Å². The molecule has 0 heterocycles. The molecule has 0 spiro atoms. The number of phenols is 1. The minimum absolute atomic E-state index is 0.115. The van der Waals surface area contributed by atoms with E-state index in [4.69, 9.17) is 4.74 Å². The lowest BCUT2D eigenvalue weighted by Gasteiger charge is -2.25. The highest BCUT2D eigenvalue weighted by Gasteiger charge is 2.42. The number of rotatable bonds is 8. The summed E-state index contributed by atoms with van der Waals surface area (Å²) in [5.41, 5.74) is -7.49. The van der Waals surface area contributed by atoms with Crippen molar-refractivity contribution in [3.63, 3.8) is 0 Å². The first kappa shape index (κ1) is 27.4. The number of nitro groups is 2. The summed E-state index contributed by atoms with van der Waals surface area (Å²) in [7, 11) is -4.73. The van der Waals surface area contributed by atoms with Crippen LogP contribution in [-0.2, 0) is 22.4 Å². The van der Waals surface area contributed by atoms with E-state index in [0.29, 0.717) is 24.5 Å². The van der Waals surface area contributed by atoms with Gasteiger partial charge in [0.1, 0.15) is 18.0 Å². The van der Waals surface area contributed by atoms with Gasteiger partial charge in [-0.2, -0.15) is 26.3 Å². The van der Waals surface area contributed by atoms with Crippen molar-refractivity contribution in [1.82, 2.24) is 0 Å². The van der Waals surface area contributed by atoms with Gasteiger partial charge >= 0.3 is 18.0 Å². The number of sulfonamides is 1. The van der Waals surface area contributed by atoms with Crippen LogP contribution in [0.15, 0.2) is 30.3 Å². The zero-order valence-corrected chi connectivity index (χ0v) is 17.9. The Bertz CT molecular complexity index is 1260. The largest absolute Gasteiger partial charge is 0.502 e. The zero-order valence-electron chi connectivity index (χ0n) is 17.1. The lowest BCUT2D eigenvalue weighted by Crippen LogP contribution is -2.36. The molecule has 0 fully saturated rings. The van der Waals surface area contributed by atoms with E-state index in [1.165, 1.54) is 0 Å². The fourth-order valence-corrected chi connectivity index (χ4v) is 3.78. The van der Waals surface area contributed by atoms with Crippen LogP contribution >= 0.6 is 0 Å². The summed E-state index contributed by atoms with van der Waals surface area (Å²) in [6, 6.07) is 1.62. The molecule has 0 saturated heterocycles. The fourth-order valence-electron chi connectivity index (χ4n) is 2.86. The van der Waals surface area contributed by atoms with Crippen LogP contribution in [0, 0.1) is 20.2 Å². The molecule has 2 aromatic rings. The summed E-state index contributed by atoms with van der Waals surface area (Å²) >= 11 is 0. The molecule has 2 aromatic carbocycles. The van der Waals surface area contributed by atoms with Crippen LogP contribution in [0.3, 0.4) is 0 Å². The number of phenolic OH excluding ortho intramolecular Hbond substituents is 1. The summed E-state index contributed by atoms with van der Waals surface area (Å²) in [6.45, 7) is -2.11. The van der Waals surface area contributed by atoms with Crippen molar-refractivity contribution in [3.8, 4) is 11.5 Å². The van der Waals surface area contributed by atoms with Crippen molar-refractivity contribution < 1.29 is 54.5 Å². The van der Waals surface area contributed by atoms with Crippen LogP contribution in [0.1, 0.15) is 11.1 Å². The van der Waals surface area contributed by atoms with Gasteiger partial charge in [0.05, 0.1) is 39.8 Å². The van der Waals surface area contributed by atoms with Crippen LogP contribution in [0.4, 0.5) is 43.4 Å². The first-order valence-corrected chi connectivity index (χ1v) is 10.7. The maximum Gasteiger partial charge on any atom is 0.418 e. The topological polar surface area (TPSA) is 153 Å². The van der Waals surface area contributed by atoms with Crippen molar-refractivity contribution >= 4 is 27.1 Å². The molecule has 0 unspecified atom stereocenters. The summed E-state index contributed by atoms with van der Waals surface area (Å²) in [5, 5.41) is 32.0. The van der Waals surface area contributed by atoms with Crippen molar-refractivity contribution in [3.05, 3.63) is 61.7 Å². The highest BCUT2D eigenvalue weighted by molar-refractivity contribution is 7.92. The molecule has 0 amide bonds. The van der Waals surface area contributed by atoms with Crippen LogP contribution < -0.4 is 9.04 Å². The molecule has 0 saturated carbocycles. The first-order chi connectivity index (χ1) is 15.8. The van der Waals surface area contributed by atoms with Gasteiger partial charge in [0.25, 0.3) is 5.69 Å². The van der Waals surface area contributed by atoms with E-state index < -0.39 is 85.1 Å². The number of nitro benzene ring substituents is 2. The van der Waals surface area contributed by atoms with Gasteiger partial charge in [-0.1, -0.05) is 0 Å². The van der Waals surface area contributed by atoms with E-state index >= 15 is 0 Å². The Kier molecular flexibility index (Phi) is 7.39. The molecule has 35 heavy (non-hydrogen) atoms. The summed E-state index contributed by atoms with van der Waals surface area (Å²) in [4.78, 5) is 19.6. The number of nitrogens with zero attached hydrogens (tertiary/aromatic N) is 3. The number of ether oxygens (including phenoxy) is 1. The summed E-state index contributed by atoms with van der Waals surface area (Å²) in [5.74, 6) is -2.07. The fraction of sp³-hybridized carbons (Fsp3) is 0.294. The maximum atomic E-state index is 13.5. The SMILES string of the molecule is CS(=O)(=O)N(CCOc1cc([N+](=O)[O-])cc(C(F)(F)F)c1)c1c(C(F)(F)F)ccc(O)c1[N+](=O)[O-]. The number of hydrogen-bond donors (Lipinski definition) is 1. The second kappa shape index (κ2) is 9.43. The number of anilines is 1. The average Bonchev–Trinajstić information content (AvgIpc) is 2.67. The van der Waals surface area contributed by atoms with Crippen molar-refractivity contribution in [2.24, 2.45) is 0 Å². The summed E-state index contributed by atoms with van der Waals surface area (Å²) in [6.07, 6.45) is -9.97. The number of alkyl halides is 6. The van der Waals surface area contributed by atoms with Crippen LogP contribution in [0.5, 0.6) is 11.5 Å². The molecular weight excluding hydrogens is 520 g/mol. The molecule has 192 valence electrons. The first-order valence-electron chi connectivity index (χ1n) is 8.88. The van der Waals surface area contributed by atoms with Crippen LogP contribution in [0.2, 0.25) is 0 Å². The molecule has 2 rings (SSSR count). The molecule has 0 aliphatic rings. The molecule has 0 aliphatic heterocycles. The molecule has 18 heteroatoms. The third-order valence-electron chi connectivity index (χ3n) is 4.26. The van der Waals surface area contributed by atoms with Crippen LogP contribution in [-0.4, -0.2) is 42.8 Å². The highest BCUT2D eigenvalue weighted by Crippen LogP contribution is 2.46. The second-order valence-corrected chi connectivity index (χ2v) is 8.65. The zero-order chi connectivity index (χ0) is 26.9. The third-order valence-corrected chi connectivity index (χ3v) is 5.43. The van der Waals surface area contributed by atoms with Gasteiger partial charge in [0, 0.05) is 6.07 Å².